The van der Waals surface area contributed by atoms with E-state index in [0.29, 0.717) is 32.2 Å². The van der Waals surface area contributed by atoms with Crippen LogP contribution in [0.25, 0.3) is 0 Å². The Bertz CT molecular complexity index is 1260. The van der Waals surface area contributed by atoms with Crippen LogP contribution in [-0.4, -0.2) is 69.2 Å². The Morgan fingerprint density at radius 2 is 1.50 bits per heavy atom. The third-order valence-electron chi connectivity index (χ3n) is 6.05. The average molecular weight is 531 g/mol. The molecule has 36 heavy (non-hydrogen) atoms. The SMILES string of the molecule is NS(=O)(=O)c1ccc(C(=O)N2CC3CN(C(=O)COc4ccc(OC(F)(F)F)cc4)C[C@@H]3C2)c(F)c1. The number of alkyl halides is 3. The summed E-state index contributed by atoms with van der Waals surface area (Å²) in [6.07, 6.45) is -4.81. The van der Waals surface area contributed by atoms with Gasteiger partial charge in [0.25, 0.3) is 11.8 Å². The van der Waals surface area contributed by atoms with Crippen LogP contribution in [0, 0.1) is 17.7 Å². The molecule has 2 fully saturated rings. The molecule has 0 aliphatic carbocycles. The molecule has 9 nitrogen and oxygen atoms in total. The number of halogens is 4. The van der Waals surface area contributed by atoms with Crippen molar-refractivity contribution in [2.24, 2.45) is 17.0 Å². The van der Waals surface area contributed by atoms with Gasteiger partial charge in [-0.1, -0.05) is 0 Å². The molecule has 1 unspecified atom stereocenters. The van der Waals surface area contributed by atoms with Crippen molar-refractivity contribution in [1.82, 2.24) is 9.80 Å². The fourth-order valence-electron chi connectivity index (χ4n) is 4.35. The molecule has 2 amide bonds. The lowest BCUT2D eigenvalue weighted by molar-refractivity contribution is -0.274. The largest absolute Gasteiger partial charge is 0.573 e. The first-order valence-corrected chi connectivity index (χ1v) is 12.2. The molecule has 2 saturated heterocycles. The predicted octanol–water partition coefficient (Wildman–Crippen LogP) is 1.98. The summed E-state index contributed by atoms with van der Waals surface area (Å²) in [4.78, 5) is 27.9. The van der Waals surface area contributed by atoms with E-state index in [1.54, 1.807) is 4.90 Å². The van der Waals surface area contributed by atoms with Gasteiger partial charge in [0.1, 0.15) is 17.3 Å². The molecule has 4 rings (SSSR count). The molecule has 2 aromatic carbocycles. The van der Waals surface area contributed by atoms with E-state index < -0.39 is 38.8 Å². The number of ether oxygens (including phenoxy) is 2. The molecule has 194 valence electrons. The second kappa shape index (κ2) is 9.58. The van der Waals surface area contributed by atoms with E-state index in [4.69, 9.17) is 9.88 Å². The van der Waals surface area contributed by atoms with Crippen molar-refractivity contribution in [3.63, 3.8) is 0 Å². The monoisotopic (exact) mass is 531 g/mol. The highest BCUT2D eigenvalue weighted by Gasteiger charge is 2.43. The lowest BCUT2D eigenvalue weighted by Gasteiger charge is -2.22. The molecule has 2 aliphatic heterocycles. The molecule has 2 atom stereocenters. The van der Waals surface area contributed by atoms with Crippen LogP contribution < -0.4 is 14.6 Å². The van der Waals surface area contributed by atoms with Crippen LogP contribution >= 0.6 is 0 Å². The summed E-state index contributed by atoms with van der Waals surface area (Å²) >= 11 is 0. The maximum absolute atomic E-state index is 14.4. The number of nitrogens with two attached hydrogens (primary N) is 1. The number of carbonyl (C=O) groups excluding carboxylic acids is 2. The summed E-state index contributed by atoms with van der Waals surface area (Å²) in [5.74, 6) is -2.15. The Labute approximate surface area is 203 Å². The molecular weight excluding hydrogens is 510 g/mol. The van der Waals surface area contributed by atoms with Crippen molar-refractivity contribution in [3.05, 3.63) is 53.8 Å². The molecule has 0 bridgehead atoms. The van der Waals surface area contributed by atoms with Crippen molar-refractivity contribution < 1.29 is 45.0 Å². The smallest absolute Gasteiger partial charge is 0.484 e. The highest BCUT2D eigenvalue weighted by atomic mass is 32.2. The normalized spacial score (nSPS) is 19.8. The van der Waals surface area contributed by atoms with Crippen LogP contribution in [0.15, 0.2) is 47.4 Å². The summed E-state index contributed by atoms with van der Waals surface area (Å²) in [7, 11) is -4.10. The lowest BCUT2D eigenvalue weighted by Crippen LogP contribution is -2.37. The first kappa shape index (κ1) is 25.7. The van der Waals surface area contributed by atoms with Crippen LogP contribution in [0.3, 0.4) is 0 Å². The molecule has 2 aromatic rings. The Morgan fingerprint density at radius 1 is 0.944 bits per heavy atom. The molecule has 14 heteroatoms. The van der Waals surface area contributed by atoms with Gasteiger partial charge in [0.15, 0.2) is 6.61 Å². The second-order valence-corrected chi connectivity index (χ2v) is 10.1. The fraction of sp³-hybridized carbons (Fsp3) is 0.364. The Hall–Kier alpha value is -3.39. The van der Waals surface area contributed by atoms with Crippen molar-refractivity contribution >= 4 is 21.8 Å². The summed E-state index contributed by atoms with van der Waals surface area (Å²) in [5, 5.41) is 4.98. The molecule has 2 N–H and O–H groups in total. The van der Waals surface area contributed by atoms with Crippen molar-refractivity contribution in [2.75, 3.05) is 32.8 Å². The van der Waals surface area contributed by atoms with Crippen LogP contribution in [0.4, 0.5) is 17.6 Å². The number of nitrogens with zero attached hydrogens (tertiary/aromatic N) is 2. The number of amides is 2. The molecule has 0 spiro atoms. The third-order valence-corrected chi connectivity index (χ3v) is 6.96. The number of carbonyl (C=O) groups is 2. The second-order valence-electron chi connectivity index (χ2n) is 8.52. The van der Waals surface area contributed by atoms with Crippen molar-refractivity contribution in [3.8, 4) is 11.5 Å². The minimum atomic E-state index is -4.81. The quantitative estimate of drug-likeness (QED) is 0.570. The zero-order chi connectivity index (χ0) is 26.3. The zero-order valence-electron chi connectivity index (χ0n) is 18.6. The van der Waals surface area contributed by atoms with Crippen LogP contribution in [-0.2, 0) is 14.8 Å². The highest BCUT2D eigenvalue weighted by Crippen LogP contribution is 2.32. The van der Waals surface area contributed by atoms with Crippen LogP contribution in [0.1, 0.15) is 10.4 Å². The van der Waals surface area contributed by atoms with Crippen molar-refractivity contribution in [2.45, 2.75) is 11.3 Å². The van der Waals surface area contributed by atoms with Gasteiger partial charge in [-0.2, -0.15) is 0 Å². The maximum Gasteiger partial charge on any atom is 0.573 e. The first-order valence-electron chi connectivity index (χ1n) is 10.7. The molecule has 0 saturated carbocycles. The standard InChI is InChI=1S/C22H21F4N3O6S/c23-19-7-17(36(27,32)33)5-6-18(19)21(31)29-10-13-8-28(9-14(13)11-29)20(30)12-34-15-1-3-16(4-2-15)35-22(24,25)26/h1-7,13-14H,8-12H2,(H2,27,32,33)/t13-,14?/m1/s1. The predicted molar refractivity (Wildman–Crippen MR) is 116 cm³/mol. The maximum atomic E-state index is 14.4. The lowest BCUT2D eigenvalue weighted by atomic mass is 10.0. The summed E-state index contributed by atoms with van der Waals surface area (Å²) in [6.45, 7) is 1.00. The summed E-state index contributed by atoms with van der Waals surface area (Å²) < 4.78 is 82.9. The van der Waals surface area contributed by atoms with Gasteiger partial charge in [0, 0.05) is 38.0 Å². The van der Waals surface area contributed by atoms with E-state index in [9.17, 15) is 35.6 Å². The van der Waals surface area contributed by atoms with E-state index >= 15 is 0 Å². The number of fused-ring (bicyclic) bond motifs is 1. The number of primary sulfonamides is 1. The molecule has 2 aliphatic rings. The molecule has 0 aromatic heterocycles. The summed E-state index contributed by atoms with van der Waals surface area (Å²) in [6, 6.07) is 7.52. The third kappa shape index (κ3) is 5.87. The molecule has 2 heterocycles. The van der Waals surface area contributed by atoms with Crippen LogP contribution in [0.2, 0.25) is 0 Å². The molecular formula is C22H21F4N3O6S. The van der Waals surface area contributed by atoms with Gasteiger partial charge in [-0.3, -0.25) is 9.59 Å². The number of sulfonamides is 1. The Kier molecular flexibility index (Phi) is 6.84. The van der Waals surface area contributed by atoms with Gasteiger partial charge in [0.05, 0.1) is 10.5 Å². The minimum Gasteiger partial charge on any atom is -0.484 e. The number of hydrogen-bond acceptors (Lipinski definition) is 6. The van der Waals surface area contributed by atoms with E-state index in [0.717, 1.165) is 24.3 Å². The average Bonchev–Trinajstić information content (AvgIpc) is 3.36. The topological polar surface area (TPSA) is 119 Å². The fourth-order valence-corrected chi connectivity index (χ4v) is 4.88. The van der Waals surface area contributed by atoms with Gasteiger partial charge in [-0.05, 0) is 42.5 Å². The Morgan fingerprint density at radius 3 is 2.03 bits per heavy atom. The Balaban J connectivity index is 1.28. The number of likely N-dealkylation sites (tertiary alicyclic amines) is 2. The molecule has 0 radical (unpaired) electrons. The first-order chi connectivity index (χ1) is 16.8. The van der Waals surface area contributed by atoms with E-state index in [2.05, 4.69) is 4.74 Å². The van der Waals surface area contributed by atoms with Gasteiger partial charge in [-0.25, -0.2) is 17.9 Å². The number of rotatable bonds is 6. The van der Waals surface area contributed by atoms with Crippen molar-refractivity contribution in [1.29, 1.82) is 0 Å². The number of hydrogen-bond donors (Lipinski definition) is 1. The van der Waals surface area contributed by atoms with Gasteiger partial charge in [-0.15, -0.1) is 13.2 Å². The minimum absolute atomic E-state index is 0.0246. The van der Waals surface area contributed by atoms with E-state index in [1.165, 1.54) is 17.0 Å². The summed E-state index contributed by atoms with van der Waals surface area (Å²) in [5.41, 5.74) is -0.268. The zero-order valence-corrected chi connectivity index (χ0v) is 19.4. The van der Waals surface area contributed by atoms with Gasteiger partial charge >= 0.3 is 6.36 Å². The highest BCUT2D eigenvalue weighted by molar-refractivity contribution is 7.89. The number of benzene rings is 2. The van der Waals surface area contributed by atoms with Gasteiger partial charge in [0.2, 0.25) is 10.0 Å². The van der Waals surface area contributed by atoms with Gasteiger partial charge < -0.3 is 19.3 Å². The van der Waals surface area contributed by atoms with E-state index in [-0.39, 0.29) is 35.7 Å². The van der Waals surface area contributed by atoms with Crippen LogP contribution in [0.5, 0.6) is 11.5 Å². The van der Waals surface area contributed by atoms with E-state index in [1.807, 2.05) is 0 Å².